The number of carboxylic acids is 1. The predicted molar refractivity (Wildman–Crippen MR) is 75.6 cm³/mol. The van der Waals surface area contributed by atoms with Crippen LogP contribution in [-0.2, 0) is 4.74 Å². The number of hydrogen-bond acceptors (Lipinski definition) is 4. The number of benzene rings is 1. The van der Waals surface area contributed by atoms with E-state index in [4.69, 9.17) is 4.74 Å². The van der Waals surface area contributed by atoms with Crippen molar-refractivity contribution in [3.63, 3.8) is 0 Å². The lowest BCUT2D eigenvalue weighted by atomic mass is 9.96. The van der Waals surface area contributed by atoms with E-state index in [1.54, 1.807) is 26.0 Å². The molecule has 2 rings (SSSR count). The van der Waals surface area contributed by atoms with E-state index in [0.29, 0.717) is 24.2 Å². The number of carbonyl (C=O) groups is 2. The van der Waals surface area contributed by atoms with Crippen LogP contribution >= 0.6 is 0 Å². The number of carboxylic acid groups (broad SMARTS) is 1. The van der Waals surface area contributed by atoms with Crippen molar-refractivity contribution in [2.45, 2.75) is 25.9 Å². The predicted octanol–water partition coefficient (Wildman–Crippen LogP) is 0.883. The minimum absolute atomic E-state index is 0.00200. The zero-order chi connectivity index (χ0) is 15.6. The van der Waals surface area contributed by atoms with Crippen LogP contribution in [-0.4, -0.2) is 47.4 Å². The van der Waals surface area contributed by atoms with Crippen LogP contribution in [0.2, 0.25) is 0 Å². The highest BCUT2D eigenvalue weighted by atomic mass is 16.5. The van der Waals surface area contributed by atoms with Crippen LogP contribution in [0.4, 0.5) is 0 Å². The summed E-state index contributed by atoms with van der Waals surface area (Å²) in [7, 11) is 0. The molecule has 1 heterocycles. The summed E-state index contributed by atoms with van der Waals surface area (Å²) in [6, 6.07) is 3.39. The second-order valence-electron chi connectivity index (χ2n) is 5.46. The fraction of sp³-hybridized carbons (Fsp3) is 0.467. The third-order valence-corrected chi connectivity index (χ3v) is 3.72. The van der Waals surface area contributed by atoms with Crippen LogP contribution in [0, 0.1) is 13.8 Å². The van der Waals surface area contributed by atoms with Gasteiger partial charge in [0.15, 0.2) is 0 Å². The molecule has 6 nitrogen and oxygen atoms in total. The average molecular weight is 293 g/mol. The fourth-order valence-corrected chi connectivity index (χ4v) is 2.45. The van der Waals surface area contributed by atoms with E-state index in [0.717, 1.165) is 0 Å². The molecule has 0 radical (unpaired) electrons. The molecule has 1 aliphatic heterocycles. The van der Waals surface area contributed by atoms with Gasteiger partial charge in [0, 0.05) is 19.6 Å². The second kappa shape index (κ2) is 5.83. The Bertz CT molecular complexity index is 576. The van der Waals surface area contributed by atoms with Gasteiger partial charge in [-0.3, -0.25) is 4.79 Å². The minimum Gasteiger partial charge on any atom is -0.478 e. The number of ether oxygens (including phenoxy) is 1. The van der Waals surface area contributed by atoms with Gasteiger partial charge in [-0.15, -0.1) is 0 Å². The summed E-state index contributed by atoms with van der Waals surface area (Å²) in [5.41, 5.74) is 0.190. The third-order valence-electron chi connectivity index (χ3n) is 3.72. The van der Waals surface area contributed by atoms with E-state index in [1.807, 2.05) is 0 Å². The van der Waals surface area contributed by atoms with Gasteiger partial charge < -0.3 is 20.3 Å². The van der Waals surface area contributed by atoms with Gasteiger partial charge in [-0.1, -0.05) is 12.1 Å². The molecule has 0 spiro atoms. The number of amides is 1. The number of nitrogens with one attached hydrogen (secondary N) is 1. The molecule has 6 heteroatoms. The van der Waals surface area contributed by atoms with Gasteiger partial charge in [-0.05, 0) is 25.0 Å². The Morgan fingerprint density at radius 1 is 1.29 bits per heavy atom. The van der Waals surface area contributed by atoms with Crippen molar-refractivity contribution in [3.8, 4) is 0 Å². The third kappa shape index (κ3) is 3.22. The molecule has 3 N–H and O–H groups in total. The van der Waals surface area contributed by atoms with Crippen LogP contribution < -0.4 is 5.32 Å². The minimum atomic E-state index is -1.13. The molecule has 1 saturated heterocycles. The van der Waals surface area contributed by atoms with Crippen molar-refractivity contribution >= 4 is 11.9 Å². The molecule has 114 valence electrons. The molecular weight excluding hydrogens is 274 g/mol. The first-order valence-electron chi connectivity index (χ1n) is 6.76. The van der Waals surface area contributed by atoms with E-state index in [-0.39, 0.29) is 24.3 Å². The summed E-state index contributed by atoms with van der Waals surface area (Å²) in [4.78, 5) is 23.7. The van der Waals surface area contributed by atoms with Gasteiger partial charge in [0.25, 0.3) is 5.91 Å². The Labute approximate surface area is 122 Å². The summed E-state index contributed by atoms with van der Waals surface area (Å²) in [6.07, 6.45) is 0.450. The fourth-order valence-electron chi connectivity index (χ4n) is 2.45. The van der Waals surface area contributed by atoms with E-state index in [9.17, 15) is 19.8 Å². The van der Waals surface area contributed by atoms with Gasteiger partial charge in [0.1, 0.15) is 5.60 Å². The lowest BCUT2D eigenvalue weighted by molar-refractivity contribution is 0.0264. The monoisotopic (exact) mass is 293 g/mol. The molecule has 1 aliphatic rings. The molecule has 21 heavy (non-hydrogen) atoms. The Morgan fingerprint density at radius 3 is 2.43 bits per heavy atom. The zero-order valence-electron chi connectivity index (χ0n) is 12.1. The molecule has 0 aliphatic carbocycles. The Hall–Kier alpha value is -1.92. The summed E-state index contributed by atoms with van der Waals surface area (Å²) in [6.45, 7) is 4.01. The van der Waals surface area contributed by atoms with Crippen molar-refractivity contribution in [2.75, 3.05) is 19.8 Å². The number of rotatable bonds is 4. The molecular formula is C15H19NO5. The van der Waals surface area contributed by atoms with Gasteiger partial charge in [0.2, 0.25) is 0 Å². The van der Waals surface area contributed by atoms with Crippen LogP contribution in [0.5, 0.6) is 0 Å². The molecule has 0 aromatic heterocycles. The van der Waals surface area contributed by atoms with Crippen LogP contribution in [0.15, 0.2) is 12.1 Å². The Morgan fingerprint density at radius 2 is 1.90 bits per heavy atom. The maximum atomic E-state index is 12.3. The largest absolute Gasteiger partial charge is 0.478 e. The average Bonchev–Trinajstić information content (AvgIpc) is 2.85. The standard InChI is InChI=1S/C15H19NO5/c1-9-3-4-10(2)12(14(18)19)11(9)13(17)16-7-15(20)5-6-21-8-15/h3-4,20H,5-8H2,1-2H3,(H,16,17)(H,18,19). The smallest absolute Gasteiger partial charge is 0.336 e. The molecule has 1 aromatic rings. The lowest BCUT2D eigenvalue weighted by Crippen LogP contribution is -2.43. The molecule has 1 aromatic carbocycles. The first kappa shape index (κ1) is 15.5. The second-order valence-corrected chi connectivity index (χ2v) is 5.46. The summed E-state index contributed by atoms with van der Waals surface area (Å²) in [5.74, 6) is -1.63. The molecule has 1 amide bonds. The van der Waals surface area contributed by atoms with Gasteiger partial charge in [-0.2, -0.15) is 0 Å². The van der Waals surface area contributed by atoms with Crippen molar-refractivity contribution in [1.29, 1.82) is 0 Å². The number of aliphatic hydroxyl groups is 1. The molecule has 0 saturated carbocycles. The molecule has 1 atom stereocenters. The quantitative estimate of drug-likeness (QED) is 0.766. The maximum absolute atomic E-state index is 12.3. The van der Waals surface area contributed by atoms with E-state index in [1.165, 1.54) is 0 Å². The maximum Gasteiger partial charge on any atom is 0.336 e. The van der Waals surface area contributed by atoms with Crippen LogP contribution in [0.3, 0.4) is 0 Å². The highest BCUT2D eigenvalue weighted by Crippen LogP contribution is 2.20. The number of carbonyl (C=O) groups excluding carboxylic acids is 1. The van der Waals surface area contributed by atoms with Crippen LogP contribution in [0.25, 0.3) is 0 Å². The van der Waals surface area contributed by atoms with Gasteiger partial charge >= 0.3 is 5.97 Å². The molecule has 1 fully saturated rings. The van der Waals surface area contributed by atoms with Crippen molar-refractivity contribution in [2.24, 2.45) is 0 Å². The number of aromatic carboxylic acids is 1. The van der Waals surface area contributed by atoms with Crippen LogP contribution in [0.1, 0.15) is 38.3 Å². The highest BCUT2D eigenvalue weighted by Gasteiger charge is 2.33. The molecule has 1 unspecified atom stereocenters. The Balaban J connectivity index is 2.23. The number of aryl methyl sites for hydroxylation is 2. The Kier molecular flexibility index (Phi) is 4.29. The van der Waals surface area contributed by atoms with E-state index in [2.05, 4.69) is 5.32 Å². The van der Waals surface area contributed by atoms with Crippen molar-refractivity contribution < 1.29 is 24.5 Å². The summed E-state index contributed by atoms with van der Waals surface area (Å²) >= 11 is 0. The zero-order valence-corrected chi connectivity index (χ0v) is 12.1. The summed E-state index contributed by atoms with van der Waals surface area (Å²) in [5, 5.41) is 22.0. The SMILES string of the molecule is Cc1ccc(C)c(C(=O)NCC2(O)CCOC2)c1C(=O)O. The van der Waals surface area contributed by atoms with E-state index < -0.39 is 17.5 Å². The summed E-state index contributed by atoms with van der Waals surface area (Å²) < 4.78 is 5.11. The normalized spacial score (nSPS) is 21.3. The highest BCUT2D eigenvalue weighted by molar-refractivity contribution is 6.06. The van der Waals surface area contributed by atoms with Crippen molar-refractivity contribution in [1.82, 2.24) is 5.32 Å². The van der Waals surface area contributed by atoms with Gasteiger partial charge in [-0.25, -0.2) is 4.79 Å². The first-order valence-corrected chi connectivity index (χ1v) is 6.76. The molecule has 0 bridgehead atoms. The van der Waals surface area contributed by atoms with E-state index >= 15 is 0 Å². The van der Waals surface area contributed by atoms with Crippen molar-refractivity contribution in [3.05, 3.63) is 34.4 Å². The van der Waals surface area contributed by atoms with Gasteiger partial charge in [0.05, 0.1) is 17.7 Å². The first-order chi connectivity index (χ1) is 9.84. The topological polar surface area (TPSA) is 95.9 Å². The lowest BCUT2D eigenvalue weighted by Gasteiger charge is -2.21. The number of hydrogen-bond donors (Lipinski definition) is 3.